The Balaban J connectivity index is 1.46. The molecule has 36 heavy (non-hydrogen) atoms. The van der Waals surface area contributed by atoms with Crippen molar-refractivity contribution in [3.63, 3.8) is 0 Å². The largest absolute Gasteiger partial charge is 0.452 e. The summed E-state index contributed by atoms with van der Waals surface area (Å²) in [5, 5.41) is 1.000. The van der Waals surface area contributed by atoms with Gasteiger partial charge in [0.2, 0.25) is 0 Å². The lowest BCUT2D eigenvalue weighted by Gasteiger charge is -2.22. The highest BCUT2D eigenvalue weighted by Crippen LogP contribution is 2.39. The van der Waals surface area contributed by atoms with Crippen LogP contribution in [0.1, 0.15) is 59.8 Å². The molecule has 0 N–H and O–H groups in total. The van der Waals surface area contributed by atoms with Crippen LogP contribution in [0.5, 0.6) is 0 Å². The Hall–Kier alpha value is -3.25. The van der Waals surface area contributed by atoms with E-state index in [0.29, 0.717) is 58.1 Å². The monoisotopic (exact) mass is 506 g/mol. The maximum atomic E-state index is 14.5. The number of pyridine rings is 1. The molecule has 0 atom stereocenters. The van der Waals surface area contributed by atoms with Crippen LogP contribution in [0.15, 0.2) is 42.5 Å². The fourth-order valence-corrected chi connectivity index (χ4v) is 5.04. The van der Waals surface area contributed by atoms with E-state index in [9.17, 15) is 14.0 Å². The van der Waals surface area contributed by atoms with Gasteiger partial charge in [-0.2, -0.15) is 0 Å². The molecule has 186 valence electrons. The van der Waals surface area contributed by atoms with Crippen molar-refractivity contribution in [1.82, 2.24) is 9.88 Å². The zero-order valence-electron chi connectivity index (χ0n) is 20.2. The molecule has 0 aliphatic heterocycles. The molecular weight excluding hydrogens is 479 g/mol. The van der Waals surface area contributed by atoms with Crippen molar-refractivity contribution in [3.05, 3.63) is 75.7 Å². The number of fused-ring (bicyclic) bond motifs is 2. The van der Waals surface area contributed by atoms with Crippen molar-refractivity contribution in [2.24, 2.45) is 5.92 Å². The Labute approximate surface area is 214 Å². The first kappa shape index (κ1) is 24.4. The average molecular weight is 507 g/mol. The Morgan fingerprint density at radius 2 is 1.97 bits per heavy atom. The van der Waals surface area contributed by atoms with Crippen LogP contribution in [-0.2, 0) is 16.0 Å². The summed E-state index contributed by atoms with van der Waals surface area (Å²) in [6.45, 7) is 3.13. The number of hydrogen-bond acceptors (Lipinski definition) is 4. The van der Waals surface area contributed by atoms with Crippen LogP contribution >= 0.6 is 11.6 Å². The van der Waals surface area contributed by atoms with Crippen LogP contribution in [0.4, 0.5) is 4.39 Å². The van der Waals surface area contributed by atoms with Gasteiger partial charge in [-0.3, -0.25) is 4.79 Å². The number of rotatable bonds is 8. The number of halogens is 2. The molecule has 1 heterocycles. The number of amides is 1. The smallest absolute Gasteiger partial charge is 0.339 e. The predicted octanol–water partition coefficient (Wildman–Crippen LogP) is 6.32. The lowest BCUT2D eigenvalue weighted by molar-refractivity contribution is -0.134. The maximum absolute atomic E-state index is 14.5. The lowest BCUT2D eigenvalue weighted by Crippen LogP contribution is -2.37. The fourth-order valence-electron chi connectivity index (χ4n) is 4.83. The first-order valence-corrected chi connectivity index (χ1v) is 12.9. The molecule has 3 aromatic rings. The van der Waals surface area contributed by atoms with E-state index >= 15 is 0 Å². The van der Waals surface area contributed by atoms with E-state index in [4.69, 9.17) is 21.3 Å². The highest BCUT2D eigenvalue weighted by atomic mass is 35.5. The second-order valence-corrected chi connectivity index (χ2v) is 9.90. The second kappa shape index (κ2) is 10.4. The van der Waals surface area contributed by atoms with Crippen molar-refractivity contribution in [2.75, 3.05) is 19.7 Å². The quantitative estimate of drug-likeness (QED) is 0.335. The molecular formula is C29H28ClFN2O3. The van der Waals surface area contributed by atoms with Crippen molar-refractivity contribution in [2.45, 2.75) is 39.0 Å². The number of carbonyl (C=O) groups is 2. The number of hydrogen-bond donors (Lipinski definition) is 0. The summed E-state index contributed by atoms with van der Waals surface area (Å²) in [5.74, 6) is -0.546. The third-order valence-electron chi connectivity index (χ3n) is 6.81. The molecule has 0 saturated heterocycles. The van der Waals surface area contributed by atoms with E-state index in [1.807, 2.05) is 31.2 Å². The molecule has 0 spiro atoms. The number of benzene rings is 2. The Morgan fingerprint density at radius 3 is 2.72 bits per heavy atom. The first-order valence-electron chi connectivity index (χ1n) is 12.5. The van der Waals surface area contributed by atoms with Gasteiger partial charge in [0, 0.05) is 24.0 Å². The maximum Gasteiger partial charge on any atom is 0.339 e. The average Bonchev–Trinajstić information content (AvgIpc) is 3.61. The summed E-state index contributed by atoms with van der Waals surface area (Å²) in [4.78, 5) is 32.8. The zero-order valence-corrected chi connectivity index (χ0v) is 21.0. The van der Waals surface area contributed by atoms with Gasteiger partial charge >= 0.3 is 5.97 Å². The number of carbonyl (C=O) groups excluding carboxylic acids is 2. The standard InChI is InChI=1S/C29H28ClFN2O3/c1-2-14-33(16-18-10-11-18)26(34)17-36-29(35)27-20-6-3-4-9-25(20)32-28-19(12-13-21(27)28)15-22-23(30)7-5-8-24(22)31/h3-9,15,18H,2,10-14,16-17H2,1H3/b19-15+. The molecule has 2 aliphatic rings. The Bertz CT molecular complexity index is 1350. The summed E-state index contributed by atoms with van der Waals surface area (Å²) in [6.07, 6.45) is 6.02. The molecule has 1 saturated carbocycles. The van der Waals surface area contributed by atoms with Crippen LogP contribution in [0.2, 0.25) is 5.02 Å². The zero-order chi connectivity index (χ0) is 25.2. The SMILES string of the molecule is CCCN(CC1CC1)C(=O)COC(=O)c1c2c(nc3ccccc13)/C(=C/c1c(F)cccc1Cl)CC2. The van der Waals surface area contributed by atoms with Crippen LogP contribution in [-0.4, -0.2) is 41.5 Å². The van der Waals surface area contributed by atoms with E-state index in [0.717, 1.165) is 36.9 Å². The third kappa shape index (κ3) is 5.00. The van der Waals surface area contributed by atoms with Crippen molar-refractivity contribution >= 4 is 46.0 Å². The molecule has 2 aromatic carbocycles. The number of nitrogens with zero attached hydrogens (tertiary/aromatic N) is 2. The molecule has 5 rings (SSSR count). The minimum atomic E-state index is -0.536. The minimum Gasteiger partial charge on any atom is -0.452 e. The summed E-state index contributed by atoms with van der Waals surface area (Å²) < 4.78 is 20.0. The summed E-state index contributed by atoms with van der Waals surface area (Å²) >= 11 is 6.25. The van der Waals surface area contributed by atoms with E-state index < -0.39 is 11.8 Å². The molecule has 1 aromatic heterocycles. The third-order valence-corrected chi connectivity index (χ3v) is 7.14. The van der Waals surface area contributed by atoms with Crippen LogP contribution in [0.3, 0.4) is 0 Å². The molecule has 2 aliphatic carbocycles. The Morgan fingerprint density at radius 1 is 1.17 bits per heavy atom. The van der Waals surface area contributed by atoms with Crippen molar-refractivity contribution < 1.29 is 18.7 Å². The molecule has 0 unspecified atom stereocenters. The van der Waals surface area contributed by atoms with E-state index in [1.54, 1.807) is 23.1 Å². The van der Waals surface area contributed by atoms with Gasteiger partial charge in [-0.05, 0) is 73.4 Å². The number of para-hydroxylation sites is 1. The molecule has 1 fully saturated rings. The molecule has 5 nitrogen and oxygen atoms in total. The van der Waals surface area contributed by atoms with Crippen molar-refractivity contribution in [1.29, 1.82) is 0 Å². The van der Waals surface area contributed by atoms with Gasteiger partial charge in [-0.1, -0.05) is 42.8 Å². The van der Waals surface area contributed by atoms with Gasteiger partial charge in [-0.15, -0.1) is 0 Å². The van der Waals surface area contributed by atoms with Crippen molar-refractivity contribution in [3.8, 4) is 0 Å². The van der Waals surface area contributed by atoms with Gasteiger partial charge in [0.05, 0.1) is 21.8 Å². The molecule has 0 radical (unpaired) electrons. The van der Waals surface area contributed by atoms with Gasteiger partial charge in [0.15, 0.2) is 6.61 Å². The van der Waals surface area contributed by atoms with Gasteiger partial charge in [0.1, 0.15) is 5.82 Å². The lowest BCUT2D eigenvalue weighted by atomic mass is 10.0. The number of allylic oxidation sites excluding steroid dienone is 1. The summed E-state index contributed by atoms with van der Waals surface area (Å²) in [7, 11) is 0. The highest BCUT2D eigenvalue weighted by Gasteiger charge is 2.30. The molecule has 0 bridgehead atoms. The highest BCUT2D eigenvalue weighted by molar-refractivity contribution is 6.32. The molecule has 7 heteroatoms. The number of aromatic nitrogens is 1. The first-order chi connectivity index (χ1) is 17.5. The van der Waals surface area contributed by atoms with E-state index in [1.165, 1.54) is 6.07 Å². The second-order valence-electron chi connectivity index (χ2n) is 9.50. The minimum absolute atomic E-state index is 0.165. The summed E-state index contributed by atoms with van der Waals surface area (Å²) in [5.41, 5.74) is 3.59. The van der Waals surface area contributed by atoms with E-state index in [-0.39, 0.29) is 12.5 Å². The molecule has 1 amide bonds. The van der Waals surface area contributed by atoms with Crippen LogP contribution < -0.4 is 0 Å². The number of esters is 1. The normalized spacial score (nSPS) is 15.8. The van der Waals surface area contributed by atoms with Gasteiger partial charge in [-0.25, -0.2) is 14.2 Å². The predicted molar refractivity (Wildman–Crippen MR) is 139 cm³/mol. The van der Waals surface area contributed by atoms with Crippen LogP contribution in [0, 0.1) is 11.7 Å². The number of ether oxygens (including phenoxy) is 1. The summed E-state index contributed by atoms with van der Waals surface area (Å²) in [6, 6.07) is 12.0. The topological polar surface area (TPSA) is 59.5 Å². The van der Waals surface area contributed by atoms with Gasteiger partial charge in [0.25, 0.3) is 5.91 Å². The fraction of sp³-hybridized carbons (Fsp3) is 0.345. The van der Waals surface area contributed by atoms with Crippen LogP contribution in [0.25, 0.3) is 22.6 Å². The van der Waals surface area contributed by atoms with E-state index in [2.05, 4.69) is 0 Å². The van der Waals surface area contributed by atoms with Gasteiger partial charge < -0.3 is 9.64 Å². The Kier molecular flexibility index (Phi) is 7.06.